The van der Waals surface area contributed by atoms with E-state index in [0.29, 0.717) is 19.4 Å². The number of hydrogen-bond donors (Lipinski definition) is 1. The van der Waals surface area contributed by atoms with E-state index in [0.717, 1.165) is 6.42 Å². The zero-order valence-electron chi connectivity index (χ0n) is 15.2. The van der Waals surface area contributed by atoms with Crippen LogP contribution in [0.5, 0.6) is 0 Å². The van der Waals surface area contributed by atoms with Gasteiger partial charge in [-0.1, -0.05) is 25.1 Å². The molecule has 2 rings (SSSR count). The number of nitrogens with one attached hydrogen (secondary N) is 1. The second-order valence-corrected chi connectivity index (χ2v) is 8.30. The minimum absolute atomic E-state index is 0.252. The fraction of sp³-hybridized carbons (Fsp3) is 0.556. The molecule has 1 saturated heterocycles. The Labute approximate surface area is 154 Å². The van der Waals surface area contributed by atoms with Crippen LogP contribution in [-0.4, -0.2) is 50.3 Å². The smallest absolute Gasteiger partial charge is 0.309 e. The van der Waals surface area contributed by atoms with Crippen molar-refractivity contribution in [1.29, 1.82) is 0 Å². The lowest BCUT2D eigenvalue weighted by Gasteiger charge is -2.30. The molecule has 0 radical (unpaired) electrons. The Bertz CT molecular complexity index is 712. The van der Waals surface area contributed by atoms with Gasteiger partial charge in [0.25, 0.3) is 5.91 Å². The first kappa shape index (κ1) is 20.4. The second-order valence-electron chi connectivity index (χ2n) is 6.36. The van der Waals surface area contributed by atoms with Gasteiger partial charge >= 0.3 is 5.97 Å². The van der Waals surface area contributed by atoms with Gasteiger partial charge in [-0.2, -0.15) is 4.31 Å². The molecule has 0 aromatic heterocycles. The summed E-state index contributed by atoms with van der Waals surface area (Å²) in [5.74, 6) is -1.15. The van der Waals surface area contributed by atoms with Gasteiger partial charge in [0.05, 0.1) is 10.8 Å². The highest BCUT2D eigenvalue weighted by Gasteiger charge is 2.33. The van der Waals surface area contributed by atoms with Crippen molar-refractivity contribution in [3.05, 3.63) is 30.3 Å². The molecule has 1 unspecified atom stereocenters. The summed E-state index contributed by atoms with van der Waals surface area (Å²) in [6.07, 6.45) is 0.725. The standard InChI is InChI=1S/C18H26N2O5S/c1-3-11-19-17(21)14(2)25-18(22)15-9-12-20(13-10-15)26(23,24)16-7-5-4-6-8-16/h4-8,14-15H,3,9-13H2,1-2H3,(H,19,21). The lowest BCUT2D eigenvalue weighted by molar-refractivity contribution is -0.159. The largest absolute Gasteiger partial charge is 0.452 e. The summed E-state index contributed by atoms with van der Waals surface area (Å²) in [7, 11) is -3.54. The summed E-state index contributed by atoms with van der Waals surface area (Å²) in [5.41, 5.74) is 0. The average Bonchev–Trinajstić information content (AvgIpc) is 2.66. The molecule has 144 valence electrons. The van der Waals surface area contributed by atoms with Crippen LogP contribution in [0.4, 0.5) is 0 Å². The molecule has 26 heavy (non-hydrogen) atoms. The first-order valence-electron chi connectivity index (χ1n) is 8.89. The summed E-state index contributed by atoms with van der Waals surface area (Å²) < 4.78 is 31.8. The predicted molar refractivity (Wildman–Crippen MR) is 96.8 cm³/mol. The van der Waals surface area contributed by atoms with Crippen molar-refractivity contribution >= 4 is 21.9 Å². The molecule has 0 spiro atoms. The van der Waals surface area contributed by atoms with E-state index in [9.17, 15) is 18.0 Å². The third-order valence-electron chi connectivity index (χ3n) is 4.38. The van der Waals surface area contributed by atoms with Crippen molar-refractivity contribution in [3.8, 4) is 0 Å². The van der Waals surface area contributed by atoms with Crippen molar-refractivity contribution in [3.63, 3.8) is 0 Å². The molecular formula is C18H26N2O5S. The summed E-state index contributed by atoms with van der Waals surface area (Å²) in [4.78, 5) is 24.3. The number of piperidine rings is 1. The van der Waals surface area contributed by atoms with Crippen LogP contribution in [0.15, 0.2) is 35.2 Å². The third kappa shape index (κ3) is 5.04. The first-order chi connectivity index (χ1) is 12.4. The number of hydrogen-bond acceptors (Lipinski definition) is 5. The number of ether oxygens (including phenoxy) is 1. The zero-order chi connectivity index (χ0) is 19.2. The average molecular weight is 382 g/mol. The Hall–Kier alpha value is -1.93. The maximum atomic E-state index is 12.6. The van der Waals surface area contributed by atoms with Crippen LogP contribution in [0.25, 0.3) is 0 Å². The third-order valence-corrected chi connectivity index (χ3v) is 6.29. The summed E-state index contributed by atoms with van der Waals surface area (Å²) in [5, 5.41) is 2.68. The number of esters is 1. The summed E-state index contributed by atoms with van der Waals surface area (Å²) in [6.45, 7) is 4.53. The van der Waals surface area contributed by atoms with E-state index in [2.05, 4.69) is 5.32 Å². The van der Waals surface area contributed by atoms with Crippen LogP contribution in [-0.2, 0) is 24.3 Å². The lowest BCUT2D eigenvalue weighted by atomic mass is 9.98. The van der Waals surface area contributed by atoms with E-state index in [-0.39, 0.29) is 23.9 Å². The molecule has 0 aliphatic carbocycles. The number of carbonyl (C=O) groups is 2. The normalized spacial score (nSPS) is 17.5. The summed E-state index contributed by atoms with van der Waals surface area (Å²) in [6, 6.07) is 8.25. The van der Waals surface area contributed by atoms with Crippen molar-refractivity contribution in [2.45, 2.75) is 44.1 Å². The Morgan fingerprint density at radius 2 is 1.85 bits per heavy atom. The Morgan fingerprint density at radius 1 is 1.23 bits per heavy atom. The van der Waals surface area contributed by atoms with Gasteiger partial charge in [-0.15, -0.1) is 0 Å². The summed E-state index contributed by atoms with van der Waals surface area (Å²) >= 11 is 0. The molecule has 1 aliphatic heterocycles. The fourth-order valence-corrected chi connectivity index (χ4v) is 4.28. The number of sulfonamides is 1. The van der Waals surface area contributed by atoms with Gasteiger partial charge < -0.3 is 10.1 Å². The highest BCUT2D eigenvalue weighted by atomic mass is 32.2. The predicted octanol–water partition coefficient (Wildman–Crippen LogP) is 1.55. The topological polar surface area (TPSA) is 92.8 Å². The lowest BCUT2D eigenvalue weighted by Crippen LogP contribution is -2.42. The molecule has 1 N–H and O–H groups in total. The molecule has 0 saturated carbocycles. The molecule has 1 aromatic rings. The van der Waals surface area contributed by atoms with E-state index in [1.54, 1.807) is 30.3 Å². The number of benzene rings is 1. The minimum atomic E-state index is -3.54. The zero-order valence-corrected chi connectivity index (χ0v) is 16.0. The van der Waals surface area contributed by atoms with Gasteiger partial charge in [0.15, 0.2) is 6.10 Å². The number of carbonyl (C=O) groups excluding carboxylic acids is 2. The monoisotopic (exact) mass is 382 g/mol. The molecular weight excluding hydrogens is 356 g/mol. The van der Waals surface area contributed by atoms with Crippen LogP contribution in [0, 0.1) is 5.92 Å². The SMILES string of the molecule is CCCNC(=O)C(C)OC(=O)C1CCN(S(=O)(=O)c2ccccc2)CC1. The van der Waals surface area contributed by atoms with Crippen molar-refractivity contribution in [1.82, 2.24) is 9.62 Å². The maximum absolute atomic E-state index is 12.6. The Kier molecular flexibility index (Phi) is 7.16. The van der Waals surface area contributed by atoms with Crippen LogP contribution in [0.2, 0.25) is 0 Å². The van der Waals surface area contributed by atoms with E-state index in [4.69, 9.17) is 4.74 Å². The first-order valence-corrected chi connectivity index (χ1v) is 10.3. The van der Waals surface area contributed by atoms with Gasteiger partial charge in [0, 0.05) is 19.6 Å². The maximum Gasteiger partial charge on any atom is 0.309 e. The molecule has 1 heterocycles. The van der Waals surface area contributed by atoms with E-state index in [1.165, 1.54) is 11.2 Å². The Morgan fingerprint density at radius 3 is 2.42 bits per heavy atom. The number of nitrogens with zero attached hydrogens (tertiary/aromatic N) is 1. The van der Waals surface area contributed by atoms with Gasteiger partial charge in [-0.3, -0.25) is 9.59 Å². The van der Waals surface area contributed by atoms with Crippen LogP contribution in [0.3, 0.4) is 0 Å². The van der Waals surface area contributed by atoms with E-state index >= 15 is 0 Å². The molecule has 1 fully saturated rings. The molecule has 7 nitrogen and oxygen atoms in total. The number of rotatable bonds is 7. The van der Waals surface area contributed by atoms with E-state index < -0.39 is 28.0 Å². The van der Waals surface area contributed by atoms with Gasteiger partial charge in [-0.25, -0.2) is 8.42 Å². The van der Waals surface area contributed by atoms with Crippen LogP contribution in [0.1, 0.15) is 33.1 Å². The number of amides is 1. The Balaban J connectivity index is 1.88. The van der Waals surface area contributed by atoms with Gasteiger partial charge in [0.1, 0.15) is 0 Å². The molecule has 1 aromatic carbocycles. The van der Waals surface area contributed by atoms with Crippen LogP contribution < -0.4 is 5.32 Å². The van der Waals surface area contributed by atoms with Crippen molar-refractivity contribution < 1.29 is 22.7 Å². The fourth-order valence-electron chi connectivity index (χ4n) is 2.79. The van der Waals surface area contributed by atoms with Gasteiger partial charge in [0.2, 0.25) is 10.0 Å². The van der Waals surface area contributed by atoms with Crippen molar-refractivity contribution in [2.24, 2.45) is 5.92 Å². The van der Waals surface area contributed by atoms with Gasteiger partial charge in [-0.05, 0) is 38.3 Å². The van der Waals surface area contributed by atoms with E-state index in [1.807, 2.05) is 6.92 Å². The second kappa shape index (κ2) is 9.14. The minimum Gasteiger partial charge on any atom is -0.452 e. The molecule has 8 heteroatoms. The van der Waals surface area contributed by atoms with Crippen molar-refractivity contribution in [2.75, 3.05) is 19.6 Å². The molecule has 1 aliphatic rings. The molecule has 1 amide bonds. The highest BCUT2D eigenvalue weighted by molar-refractivity contribution is 7.89. The quantitative estimate of drug-likeness (QED) is 0.722. The molecule has 1 atom stereocenters. The van der Waals surface area contributed by atoms with Crippen LogP contribution >= 0.6 is 0 Å². The highest BCUT2D eigenvalue weighted by Crippen LogP contribution is 2.24. The molecule has 0 bridgehead atoms.